The fourth-order valence-electron chi connectivity index (χ4n) is 3.21. The van der Waals surface area contributed by atoms with Crippen molar-refractivity contribution in [3.8, 4) is 5.75 Å². The average Bonchev–Trinajstić information content (AvgIpc) is 2.80. The van der Waals surface area contributed by atoms with Gasteiger partial charge in [-0.05, 0) is 36.5 Å². The van der Waals surface area contributed by atoms with Gasteiger partial charge in [0.05, 0.1) is 6.61 Å². The smallest absolute Gasteiger partial charge is 0.326 e. The second-order valence-electron chi connectivity index (χ2n) is 8.74. The van der Waals surface area contributed by atoms with E-state index in [0.29, 0.717) is 5.56 Å². The molecule has 1 aromatic rings. The highest BCUT2D eigenvalue weighted by Crippen LogP contribution is 2.13. The normalized spacial score (nSPS) is 14.2. The predicted molar refractivity (Wildman–Crippen MR) is 127 cm³/mol. The van der Waals surface area contributed by atoms with E-state index >= 15 is 0 Å². The third kappa shape index (κ3) is 10.7. The van der Waals surface area contributed by atoms with Crippen LogP contribution in [0.4, 0.5) is 0 Å². The molecule has 9 N–H and O–H groups in total. The van der Waals surface area contributed by atoms with Crippen LogP contribution in [-0.4, -0.2) is 80.9 Å². The van der Waals surface area contributed by atoms with E-state index in [1.54, 1.807) is 13.8 Å². The van der Waals surface area contributed by atoms with Crippen molar-refractivity contribution in [2.24, 2.45) is 11.7 Å². The molecule has 0 fully saturated rings. The van der Waals surface area contributed by atoms with E-state index in [0.717, 1.165) is 0 Å². The Labute approximate surface area is 208 Å². The zero-order valence-corrected chi connectivity index (χ0v) is 20.1. The molecule has 4 atom stereocenters. The molecule has 0 aliphatic carbocycles. The van der Waals surface area contributed by atoms with Crippen LogP contribution >= 0.6 is 0 Å². The van der Waals surface area contributed by atoms with E-state index in [-0.39, 0.29) is 30.9 Å². The maximum absolute atomic E-state index is 13.0. The maximum atomic E-state index is 13.0. The Bertz CT molecular complexity index is 921. The summed E-state index contributed by atoms with van der Waals surface area (Å²) in [6.07, 6.45) is -0.778. The third-order valence-corrected chi connectivity index (χ3v) is 5.14. The molecule has 0 aromatic heterocycles. The van der Waals surface area contributed by atoms with Gasteiger partial charge in [-0.15, -0.1) is 0 Å². The Hall–Kier alpha value is -3.71. The van der Waals surface area contributed by atoms with Crippen LogP contribution in [-0.2, 0) is 30.4 Å². The number of phenolic OH excluding ortho intramolecular Hbond substituents is 1. The second kappa shape index (κ2) is 14.6. The summed E-state index contributed by atoms with van der Waals surface area (Å²) in [4.78, 5) is 60.8. The number of amides is 3. The van der Waals surface area contributed by atoms with Crippen molar-refractivity contribution in [2.45, 2.75) is 63.7 Å². The summed E-state index contributed by atoms with van der Waals surface area (Å²) in [6, 6.07) is 0.492. The second-order valence-corrected chi connectivity index (χ2v) is 8.74. The molecule has 200 valence electrons. The molecule has 3 amide bonds. The first kappa shape index (κ1) is 30.3. The number of hydrogen-bond acceptors (Lipinski definition) is 8. The minimum atomic E-state index is -1.40. The first-order valence-electron chi connectivity index (χ1n) is 11.3. The molecule has 1 rings (SSSR count). The monoisotopic (exact) mass is 510 g/mol. The lowest BCUT2D eigenvalue weighted by Gasteiger charge is -2.25. The molecule has 13 heteroatoms. The molecule has 0 spiro atoms. The number of carboxylic acid groups (broad SMARTS) is 2. The largest absolute Gasteiger partial charge is 0.508 e. The number of aliphatic hydroxyl groups is 1. The summed E-state index contributed by atoms with van der Waals surface area (Å²) in [5.74, 6) is -5.16. The fourth-order valence-corrected chi connectivity index (χ4v) is 3.21. The van der Waals surface area contributed by atoms with E-state index in [1.807, 2.05) is 0 Å². The quantitative estimate of drug-likeness (QED) is 0.139. The van der Waals surface area contributed by atoms with E-state index in [9.17, 15) is 34.2 Å². The van der Waals surface area contributed by atoms with Crippen LogP contribution in [0.5, 0.6) is 5.75 Å². The van der Waals surface area contributed by atoms with Crippen LogP contribution in [0, 0.1) is 5.92 Å². The van der Waals surface area contributed by atoms with Gasteiger partial charge in [0.25, 0.3) is 0 Å². The highest BCUT2D eigenvalue weighted by atomic mass is 16.4. The molecule has 0 aliphatic heterocycles. The molecule has 0 aliphatic rings. The van der Waals surface area contributed by atoms with Gasteiger partial charge in [0.15, 0.2) is 0 Å². The Morgan fingerprint density at radius 2 is 1.39 bits per heavy atom. The fraction of sp³-hybridized carbons (Fsp3) is 0.522. The van der Waals surface area contributed by atoms with Gasteiger partial charge >= 0.3 is 11.9 Å². The first-order valence-corrected chi connectivity index (χ1v) is 11.3. The van der Waals surface area contributed by atoms with Gasteiger partial charge in [0, 0.05) is 12.8 Å². The van der Waals surface area contributed by atoms with Crippen molar-refractivity contribution in [1.29, 1.82) is 0 Å². The molecule has 36 heavy (non-hydrogen) atoms. The molecule has 13 nitrogen and oxygen atoms in total. The molecule has 0 heterocycles. The van der Waals surface area contributed by atoms with Crippen LogP contribution in [0.2, 0.25) is 0 Å². The summed E-state index contributed by atoms with van der Waals surface area (Å²) in [5.41, 5.74) is 5.98. The molecule has 0 bridgehead atoms. The number of phenols is 1. The van der Waals surface area contributed by atoms with Gasteiger partial charge in [-0.25, -0.2) is 4.79 Å². The van der Waals surface area contributed by atoms with Crippen LogP contribution in [0.25, 0.3) is 0 Å². The topological polar surface area (TPSA) is 228 Å². The lowest BCUT2D eigenvalue weighted by atomic mass is 10.0. The molecular formula is C23H34N4O9. The van der Waals surface area contributed by atoms with Gasteiger partial charge < -0.3 is 42.1 Å². The SMILES string of the molecule is CC(C)CC(NC(=O)C(Cc1ccc(O)cc1)NC(=O)C(CCC(=O)O)NC(=O)C(N)CO)C(=O)O. The number of benzene rings is 1. The summed E-state index contributed by atoms with van der Waals surface area (Å²) in [5, 5.41) is 44.2. The number of carboxylic acids is 2. The summed E-state index contributed by atoms with van der Waals surface area (Å²) in [6.45, 7) is 2.85. The van der Waals surface area contributed by atoms with Gasteiger partial charge in [0.2, 0.25) is 17.7 Å². The van der Waals surface area contributed by atoms with E-state index in [2.05, 4.69) is 16.0 Å². The molecule has 0 radical (unpaired) electrons. The van der Waals surface area contributed by atoms with E-state index in [4.69, 9.17) is 15.9 Å². The standard InChI is InChI=1S/C23H34N4O9/c1-12(2)9-18(23(35)36)27-22(34)17(10-13-3-5-14(29)6-4-13)26-21(33)16(7-8-19(30)31)25-20(32)15(24)11-28/h3-6,12,15-18,28-29H,7-11,24H2,1-2H3,(H,25,32)(H,26,33)(H,27,34)(H,30,31)(H,35,36). The van der Waals surface area contributed by atoms with Gasteiger partial charge in [0.1, 0.15) is 29.9 Å². The number of carbonyl (C=O) groups excluding carboxylic acids is 3. The Morgan fingerprint density at radius 1 is 0.861 bits per heavy atom. The van der Waals surface area contributed by atoms with Crippen LogP contribution in [0.3, 0.4) is 0 Å². The molecular weight excluding hydrogens is 476 g/mol. The molecule has 0 saturated heterocycles. The van der Waals surface area contributed by atoms with E-state index < -0.39 is 66.9 Å². The van der Waals surface area contributed by atoms with Gasteiger partial charge in [-0.3, -0.25) is 19.2 Å². The zero-order chi connectivity index (χ0) is 27.4. The number of nitrogens with two attached hydrogens (primary N) is 1. The average molecular weight is 511 g/mol. The number of aliphatic hydroxyl groups excluding tert-OH is 1. The van der Waals surface area contributed by atoms with Gasteiger partial charge in [-0.2, -0.15) is 0 Å². The lowest BCUT2D eigenvalue weighted by molar-refractivity contribution is -0.142. The van der Waals surface area contributed by atoms with Gasteiger partial charge in [-0.1, -0.05) is 26.0 Å². The first-order chi connectivity index (χ1) is 16.8. The van der Waals surface area contributed by atoms with Crippen molar-refractivity contribution in [2.75, 3.05) is 6.61 Å². The molecule has 1 aromatic carbocycles. The summed E-state index contributed by atoms with van der Waals surface area (Å²) < 4.78 is 0. The Kier molecular flexibility index (Phi) is 12.3. The van der Waals surface area contributed by atoms with Crippen molar-refractivity contribution in [3.63, 3.8) is 0 Å². The Morgan fingerprint density at radius 3 is 1.89 bits per heavy atom. The number of hydrogen-bond donors (Lipinski definition) is 8. The van der Waals surface area contributed by atoms with Crippen molar-refractivity contribution < 1.29 is 44.4 Å². The number of carbonyl (C=O) groups is 5. The summed E-state index contributed by atoms with van der Waals surface area (Å²) >= 11 is 0. The minimum Gasteiger partial charge on any atom is -0.508 e. The van der Waals surface area contributed by atoms with Crippen molar-refractivity contribution >= 4 is 29.7 Å². The third-order valence-electron chi connectivity index (χ3n) is 5.14. The Balaban J connectivity index is 3.17. The summed E-state index contributed by atoms with van der Waals surface area (Å²) in [7, 11) is 0. The highest BCUT2D eigenvalue weighted by molar-refractivity contribution is 5.94. The minimum absolute atomic E-state index is 0.0247. The van der Waals surface area contributed by atoms with Crippen LogP contribution in [0.1, 0.15) is 38.7 Å². The number of nitrogens with one attached hydrogen (secondary N) is 3. The molecule has 0 saturated carbocycles. The maximum Gasteiger partial charge on any atom is 0.326 e. The van der Waals surface area contributed by atoms with E-state index in [1.165, 1.54) is 24.3 Å². The van der Waals surface area contributed by atoms with Crippen molar-refractivity contribution in [1.82, 2.24) is 16.0 Å². The highest BCUT2D eigenvalue weighted by Gasteiger charge is 2.31. The zero-order valence-electron chi connectivity index (χ0n) is 20.1. The van der Waals surface area contributed by atoms with Crippen molar-refractivity contribution in [3.05, 3.63) is 29.8 Å². The van der Waals surface area contributed by atoms with Crippen LogP contribution in [0.15, 0.2) is 24.3 Å². The lowest BCUT2D eigenvalue weighted by Crippen LogP contribution is -2.58. The number of rotatable bonds is 15. The number of aliphatic carboxylic acids is 2. The molecule has 4 unspecified atom stereocenters. The number of aromatic hydroxyl groups is 1. The predicted octanol–water partition coefficient (Wildman–Crippen LogP) is -1.30. The van der Waals surface area contributed by atoms with Crippen LogP contribution < -0.4 is 21.7 Å².